The minimum absolute atomic E-state index is 0.0169. The molecule has 0 unspecified atom stereocenters. The zero-order chi connectivity index (χ0) is 21.1. The third-order valence-corrected chi connectivity index (χ3v) is 5.87. The highest BCUT2D eigenvalue weighted by atomic mass is 32.2. The van der Waals surface area contributed by atoms with Gasteiger partial charge in [-0.15, -0.1) is 0 Å². The van der Waals surface area contributed by atoms with Crippen molar-refractivity contribution in [1.82, 2.24) is 5.32 Å². The average Bonchev–Trinajstić information content (AvgIpc) is 2.60. The molecule has 0 bridgehead atoms. The van der Waals surface area contributed by atoms with E-state index in [1.165, 1.54) is 11.6 Å². The van der Waals surface area contributed by atoms with Crippen molar-refractivity contribution < 1.29 is 13.2 Å². The van der Waals surface area contributed by atoms with Crippen LogP contribution >= 0.6 is 0 Å². The topological polar surface area (TPSA) is 75.3 Å². The fourth-order valence-corrected chi connectivity index (χ4v) is 3.44. The van der Waals surface area contributed by atoms with Crippen molar-refractivity contribution in [2.45, 2.75) is 51.0 Å². The van der Waals surface area contributed by atoms with E-state index in [0.717, 1.165) is 17.4 Å². The molecule has 1 amide bonds. The third kappa shape index (κ3) is 5.91. The first-order valence-corrected chi connectivity index (χ1v) is 11.2. The maximum Gasteiger partial charge on any atom is 0.238 e. The van der Waals surface area contributed by atoms with Crippen LogP contribution in [-0.4, -0.2) is 27.1 Å². The minimum Gasteiger partial charge on any atom is -0.325 e. The van der Waals surface area contributed by atoms with Gasteiger partial charge in [-0.1, -0.05) is 51.1 Å². The predicted octanol–water partition coefficient (Wildman–Crippen LogP) is 3.99. The molecule has 28 heavy (non-hydrogen) atoms. The van der Waals surface area contributed by atoms with Gasteiger partial charge < -0.3 is 10.6 Å². The van der Waals surface area contributed by atoms with E-state index >= 15 is 0 Å². The zero-order valence-corrected chi connectivity index (χ0v) is 18.3. The van der Waals surface area contributed by atoms with Gasteiger partial charge in [-0.3, -0.25) is 4.79 Å². The van der Waals surface area contributed by atoms with Crippen molar-refractivity contribution >= 4 is 21.4 Å². The monoisotopic (exact) mass is 402 g/mol. The first-order valence-electron chi connectivity index (χ1n) is 9.32. The number of benzene rings is 2. The Labute approximate surface area is 168 Å². The lowest BCUT2D eigenvalue weighted by Gasteiger charge is -2.20. The number of amides is 1. The standard InChI is InChI=1S/C22H30N2O3S/c1-15-7-12-19(28(6,26)27)13-20(15)24-21(25)14-23-16(2)17-8-10-18(11-9-17)22(3,4)5/h7-13,16,23H,14H2,1-6H3,(H,24,25)/t16-/m0/s1. The number of carbonyl (C=O) groups excluding carboxylic acids is 1. The minimum atomic E-state index is -3.32. The molecule has 0 radical (unpaired) electrons. The smallest absolute Gasteiger partial charge is 0.238 e. The summed E-state index contributed by atoms with van der Waals surface area (Å²) in [5.41, 5.74) is 3.80. The Hall–Kier alpha value is -2.18. The number of nitrogens with one attached hydrogen (secondary N) is 2. The van der Waals surface area contributed by atoms with Gasteiger partial charge in [0.2, 0.25) is 5.91 Å². The van der Waals surface area contributed by atoms with E-state index in [2.05, 4.69) is 55.7 Å². The molecule has 2 aromatic carbocycles. The van der Waals surface area contributed by atoms with E-state index in [9.17, 15) is 13.2 Å². The summed E-state index contributed by atoms with van der Waals surface area (Å²) in [6, 6.07) is 13.1. The Morgan fingerprint density at radius 3 is 2.21 bits per heavy atom. The molecule has 2 rings (SSSR count). The molecule has 2 aromatic rings. The number of hydrogen-bond donors (Lipinski definition) is 2. The van der Waals surface area contributed by atoms with Crippen LogP contribution in [0.1, 0.15) is 50.4 Å². The van der Waals surface area contributed by atoms with E-state index in [-0.39, 0.29) is 28.8 Å². The Balaban J connectivity index is 1.99. The number of hydrogen-bond acceptors (Lipinski definition) is 4. The summed E-state index contributed by atoms with van der Waals surface area (Å²) < 4.78 is 23.4. The molecule has 0 spiro atoms. The fourth-order valence-electron chi connectivity index (χ4n) is 2.80. The van der Waals surface area contributed by atoms with Crippen LogP contribution in [0.4, 0.5) is 5.69 Å². The second kappa shape index (κ2) is 8.45. The Morgan fingerprint density at radius 2 is 1.68 bits per heavy atom. The summed E-state index contributed by atoms with van der Waals surface area (Å²) in [6.07, 6.45) is 1.15. The van der Waals surface area contributed by atoms with E-state index in [1.54, 1.807) is 12.1 Å². The maximum atomic E-state index is 12.3. The summed E-state index contributed by atoms with van der Waals surface area (Å²) in [4.78, 5) is 12.5. The second-order valence-corrected chi connectivity index (χ2v) is 10.3. The molecule has 1 atom stereocenters. The van der Waals surface area contributed by atoms with Crippen LogP contribution in [0.5, 0.6) is 0 Å². The Kier molecular flexibility index (Phi) is 6.67. The van der Waals surface area contributed by atoms with Gasteiger partial charge in [-0.25, -0.2) is 8.42 Å². The van der Waals surface area contributed by atoms with Crippen molar-refractivity contribution in [3.63, 3.8) is 0 Å². The molecule has 0 fully saturated rings. The lowest BCUT2D eigenvalue weighted by molar-refractivity contribution is -0.115. The van der Waals surface area contributed by atoms with Crippen LogP contribution in [0, 0.1) is 6.92 Å². The number of carbonyl (C=O) groups is 1. The first kappa shape index (κ1) is 22.1. The largest absolute Gasteiger partial charge is 0.325 e. The molecule has 0 saturated heterocycles. The molecule has 0 saturated carbocycles. The molecule has 0 aliphatic heterocycles. The number of rotatable bonds is 6. The summed E-state index contributed by atoms with van der Waals surface area (Å²) in [7, 11) is -3.32. The Bertz CT molecular complexity index is 943. The fraction of sp³-hybridized carbons (Fsp3) is 0.409. The molecule has 0 heterocycles. The zero-order valence-electron chi connectivity index (χ0n) is 17.5. The van der Waals surface area contributed by atoms with E-state index < -0.39 is 9.84 Å². The predicted molar refractivity (Wildman–Crippen MR) is 114 cm³/mol. The van der Waals surface area contributed by atoms with Crippen molar-refractivity contribution in [3.05, 3.63) is 59.2 Å². The van der Waals surface area contributed by atoms with Gasteiger partial charge in [0.25, 0.3) is 0 Å². The summed E-state index contributed by atoms with van der Waals surface area (Å²) >= 11 is 0. The van der Waals surface area contributed by atoms with Gasteiger partial charge in [-0.05, 0) is 48.1 Å². The average molecular weight is 403 g/mol. The third-order valence-electron chi connectivity index (χ3n) is 4.76. The molecular weight excluding hydrogens is 372 g/mol. The quantitative estimate of drug-likeness (QED) is 0.766. The molecule has 0 aromatic heterocycles. The molecule has 0 aliphatic carbocycles. The lowest BCUT2D eigenvalue weighted by Crippen LogP contribution is -2.30. The molecule has 152 valence electrons. The van der Waals surface area contributed by atoms with Crippen LogP contribution in [0.3, 0.4) is 0 Å². The van der Waals surface area contributed by atoms with Crippen molar-refractivity contribution in [2.24, 2.45) is 0 Å². The van der Waals surface area contributed by atoms with Crippen LogP contribution in [0.25, 0.3) is 0 Å². The normalized spacial score (nSPS) is 13.2. The molecule has 0 aliphatic rings. The highest BCUT2D eigenvalue weighted by Crippen LogP contribution is 2.24. The first-order chi connectivity index (χ1) is 12.9. The van der Waals surface area contributed by atoms with Gasteiger partial charge in [0.05, 0.1) is 11.4 Å². The van der Waals surface area contributed by atoms with Gasteiger partial charge in [0, 0.05) is 18.0 Å². The van der Waals surface area contributed by atoms with Gasteiger partial charge in [0.15, 0.2) is 9.84 Å². The van der Waals surface area contributed by atoms with Gasteiger partial charge in [-0.2, -0.15) is 0 Å². The second-order valence-electron chi connectivity index (χ2n) is 8.27. The van der Waals surface area contributed by atoms with Crippen molar-refractivity contribution in [3.8, 4) is 0 Å². The molecule has 5 nitrogen and oxygen atoms in total. The maximum absolute atomic E-state index is 12.3. The molecular formula is C22H30N2O3S. The van der Waals surface area contributed by atoms with E-state index in [4.69, 9.17) is 0 Å². The lowest BCUT2D eigenvalue weighted by atomic mass is 9.86. The number of sulfone groups is 1. The van der Waals surface area contributed by atoms with Crippen LogP contribution in [0.15, 0.2) is 47.4 Å². The summed E-state index contributed by atoms with van der Waals surface area (Å²) in [5.74, 6) is -0.216. The molecule has 2 N–H and O–H groups in total. The highest BCUT2D eigenvalue weighted by molar-refractivity contribution is 7.90. The van der Waals surface area contributed by atoms with Crippen molar-refractivity contribution in [1.29, 1.82) is 0 Å². The highest BCUT2D eigenvalue weighted by Gasteiger charge is 2.15. The van der Waals surface area contributed by atoms with E-state index in [1.807, 2.05) is 13.8 Å². The number of anilines is 1. The number of aryl methyl sites for hydroxylation is 1. The molecule has 6 heteroatoms. The summed E-state index contributed by atoms with van der Waals surface area (Å²) in [6.45, 7) is 10.5. The van der Waals surface area contributed by atoms with Crippen molar-refractivity contribution in [2.75, 3.05) is 18.1 Å². The SMILES string of the molecule is Cc1ccc(S(C)(=O)=O)cc1NC(=O)CN[C@@H](C)c1ccc(C(C)(C)C)cc1. The Morgan fingerprint density at radius 1 is 1.07 bits per heavy atom. The van der Waals surface area contributed by atoms with Crippen LogP contribution < -0.4 is 10.6 Å². The van der Waals surface area contributed by atoms with Gasteiger partial charge in [0.1, 0.15) is 0 Å². The van der Waals surface area contributed by atoms with Crippen LogP contribution in [0.2, 0.25) is 0 Å². The van der Waals surface area contributed by atoms with E-state index in [0.29, 0.717) is 5.69 Å². The summed E-state index contributed by atoms with van der Waals surface area (Å²) in [5, 5.41) is 6.00. The van der Waals surface area contributed by atoms with Crippen LogP contribution in [-0.2, 0) is 20.0 Å². The van der Waals surface area contributed by atoms with Gasteiger partial charge >= 0.3 is 0 Å².